The van der Waals surface area contributed by atoms with E-state index in [1.807, 2.05) is 0 Å². The molecule has 31 heavy (non-hydrogen) atoms. The predicted molar refractivity (Wildman–Crippen MR) is 98.9 cm³/mol. The first-order valence-corrected chi connectivity index (χ1v) is 9.71. The van der Waals surface area contributed by atoms with E-state index < -0.39 is 45.4 Å². The lowest BCUT2D eigenvalue weighted by Gasteiger charge is -2.11. The van der Waals surface area contributed by atoms with E-state index in [0.717, 1.165) is 12.1 Å². The Bertz CT molecular complexity index is 1140. The van der Waals surface area contributed by atoms with Crippen molar-refractivity contribution in [2.24, 2.45) is 0 Å². The van der Waals surface area contributed by atoms with Gasteiger partial charge in [0.25, 0.3) is 10.0 Å². The summed E-state index contributed by atoms with van der Waals surface area (Å²) < 4.78 is 79.0. The summed E-state index contributed by atoms with van der Waals surface area (Å²) in [6.45, 7) is 1.20. The molecule has 2 rings (SSSR count). The van der Waals surface area contributed by atoms with Crippen molar-refractivity contribution >= 4 is 16.1 Å². The summed E-state index contributed by atoms with van der Waals surface area (Å²) in [6.07, 6.45) is -3.60. The molecule has 2 aromatic rings. The van der Waals surface area contributed by atoms with Gasteiger partial charge in [0.05, 0.1) is 20.8 Å². The topological polar surface area (TPSA) is 131 Å². The second-order valence-corrected chi connectivity index (χ2v) is 7.36. The Balaban J connectivity index is 2.41. The van der Waals surface area contributed by atoms with Crippen molar-refractivity contribution in [3.05, 3.63) is 41.3 Å². The highest BCUT2D eigenvalue weighted by atomic mass is 32.2. The molecule has 0 radical (unpaired) electrons. The molecule has 0 spiro atoms. The Hall–Kier alpha value is -3.49. The van der Waals surface area contributed by atoms with Gasteiger partial charge >= 0.3 is 23.9 Å². The number of aromatic nitrogens is 3. The van der Waals surface area contributed by atoms with Crippen LogP contribution in [0, 0.1) is 0 Å². The Morgan fingerprint density at radius 3 is 2.52 bits per heavy atom. The smallest absolute Gasteiger partial charge is 0.422 e. The number of hydrogen-bond donors (Lipinski definition) is 1. The fourth-order valence-electron chi connectivity index (χ4n) is 2.26. The molecular weight excluding hydrogens is 449 g/mol. The van der Waals surface area contributed by atoms with Crippen LogP contribution in [0.4, 0.5) is 18.0 Å². The van der Waals surface area contributed by atoms with Crippen molar-refractivity contribution in [2.45, 2.75) is 17.6 Å². The van der Waals surface area contributed by atoms with Gasteiger partial charge in [-0.25, -0.2) is 27.3 Å². The van der Waals surface area contributed by atoms with Crippen LogP contribution >= 0.6 is 0 Å². The SMILES string of the molecule is C=CCn1c(OCC(F)(F)F)nn(C(=O)NS(=O)(=O)c2cc(OC)ccc2OC)c1=O. The predicted octanol–water partition coefficient (Wildman–Crippen LogP) is 1.14. The Kier molecular flexibility index (Phi) is 6.99. The molecule has 0 saturated heterocycles. The van der Waals surface area contributed by atoms with Crippen LogP contribution in [0.2, 0.25) is 0 Å². The van der Waals surface area contributed by atoms with Crippen LogP contribution in [0.3, 0.4) is 0 Å². The number of ether oxygens (including phenoxy) is 3. The average molecular weight is 466 g/mol. The molecule has 0 atom stereocenters. The summed E-state index contributed by atoms with van der Waals surface area (Å²) in [4.78, 5) is 24.3. The van der Waals surface area contributed by atoms with Crippen molar-refractivity contribution in [2.75, 3.05) is 20.8 Å². The molecule has 11 nitrogen and oxygen atoms in total. The van der Waals surface area contributed by atoms with E-state index in [1.54, 1.807) is 4.72 Å². The number of allylic oxidation sites excluding steroid dienone is 1. The first-order chi connectivity index (χ1) is 14.4. The molecule has 1 heterocycles. The average Bonchev–Trinajstić information content (AvgIpc) is 3.01. The third-order valence-corrected chi connectivity index (χ3v) is 4.92. The summed E-state index contributed by atoms with van der Waals surface area (Å²) in [5.41, 5.74) is -1.25. The first-order valence-electron chi connectivity index (χ1n) is 8.23. The van der Waals surface area contributed by atoms with Crippen LogP contribution < -0.4 is 24.6 Å². The number of alkyl halides is 3. The molecule has 0 unspecified atom stereocenters. The zero-order chi connectivity index (χ0) is 23.4. The van der Waals surface area contributed by atoms with Gasteiger partial charge in [-0.05, 0) is 12.1 Å². The van der Waals surface area contributed by atoms with Crippen molar-refractivity contribution in [1.82, 2.24) is 19.1 Å². The van der Waals surface area contributed by atoms with Crippen molar-refractivity contribution in [3.63, 3.8) is 0 Å². The third-order valence-electron chi connectivity index (χ3n) is 3.58. The summed E-state index contributed by atoms with van der Waals surface area (Å²) in [7, 11) is -2.13. The van der Waals surface area contributed by atoms with Gasteiger partial charge in [-0.15, -0.1) is 16.4 Å². The number of hydrogen-bond acceptors (Lipinski definition) is 8. The number of halogens is 3. The molecule has 0 bridgehead atoms. The van der Waals surface area contributed by atoms with Crippen LogP contribution in [0.1, 0.15) is 0 Å². The molecule has 1 aromatic heterocycles. The molecule has 1 N–H and O–H groups in total. The van der Waals surface area contributed by atoms with Crippen LogP contribution in [0.15, 0.2) is 40.5 Å². The number of rotatable bonds is 8. The number of carbonyl (C=O) groups excluding carboxylic acids is 1. The lowest BCUT2D eigenvalue weighted by molar-refractivity contribution is -0.155. The maximum Gasteiger partial charge on any atom is 0.422 e. The molecule has 1 aromatic carbocycles. The van der Waals surface area contributed by atoms with Gasteiger partial charge in [-0.3, -0.25) is 0 Å². The van der Waals surface area contributed by atoms with Gasteiger partial charge < -0.3 is 14.2 Å². The molecule has 15 heteroatoms. The minimum Gasteiger partial charge on any atom is -0.497 e. The van der Waals surface area contributed by atoms with Gasteiger partial charge in [-0.2, -0.15) is 13.2 Å². The molecule has 0 aliphatic heterocycles. The summed E-state index contributed by atoms with van der Waals surface area (Å²) in [6, 6.07) is 1.33. The van der Waals surface area contributed by atoms with Crippen LogP contribution in [-0.4, -0.2) is 55.8 Å². The zero-order valence-corrected chi connectivity index (χ0v) is 17.0. The third kappa shape index (κ3) is 5.56. The lowest BCUT2D eigenvalue weighted by Crippen LogP contribution is -2.40. The number of methoxy groups -OCH3 is 2. The van der Waals surface area contributed by atoms with Gasteiger partial charge in [0.15, 0.2) is 6.61 Å². The fraction of sp³-hybridized carbons (Fsp3) is 0.312. The molecule has 0 aliphatic rings. The Morgan fingerprint density at radius 2 is 1.97 bits per heavy atom. The van der Waals surface area contributed by atoms with Gasteiger partial charge in [-0.1, -0.05) is 6.08 Å². The second kappa shape index (κ2) is 9.11. The molecular formula is C16H17F3N4O7S. The molecule has 1 amide bonds. The van der Waals surface area contributed by atoms with E-state index in [9.17, 15) is 31.2 Å². The maximum absolute atomic E-state index is 12.6. The van der Waals surface area contributed by atoms with E-state index >= 15 is 0 Å². The van der Waals surface area contributed by atoms with Crippen molar-refractivity contribution in [1.29, 1.82) is 0 Å². The lowest BCUT2D eigenvalue weighted by atomic mass is 10.3. The van der Waals surface area contributed by atoms with E-state index in [-0.39, 0.29) is 22.7 Å². The zero-order valence-electron chi connectivity index (χ0n) is 16.2. The molecule has 170 valence electrons. The number of sulfonamides is 1. The number of carbonyl (C=O) groups is 1. The monoisotopic (exact) mass is 466 g/mol. The highest BCUT2D eigenvalue weighted by Crippen LogP contribution is 2.28. The maximum atomic E-state index is 12.6. The molecule has 0 fully saturated rings. The summed E-state index contributed by atoms with van der Waals surface area (Å²) in [5.74, 6) is -0.0104. The number of amides is 1. The van der Waals surface area contributed by atoms with E-state index in [0.29, 0.717) is 4.57 Å². The van der Waals surface area contributed by atoms with E-state index in [2.05, 4.69) is 16.4 Å². The number of benzene rings is 1. The standard InChI is InChI=1S/C16H17F3N4O7S/c1-4-7-22-14(30-9-16(17,18)19)20-23(15(22)25)13(24)21-31(26,27)12-8-10(28-2)5-6-11(12)29-3/h4-6,8H,1,7,9H2,2-3H3,(H,21,24). The minimum atomic E-state index is -4.74. The van der Waals surface area contributed by atoms with Crippen LogP contribution in [0.5, 0.6) is 17.5 Å². The Morgan fingerprint density at radius 1 is 1.29 bits per heavy atom. The molecule has 0 aliphatic carbocycles. The highest BCUT2D eigenvalue weighted by molar-refractivity contribution is 7.90. The van der Waals surface area contributed by atoms with Crippen molar-refractivity contribution in [3.8, 4) is 17.5 Å². The normalized spacial score (nSPS) is 11.6. The van der Waals surface area contributed by atoms with E-state index in [4.69, 9.17) is 9.47 Å². The fourth-order valence-corrected chi connectivity index (χ4v) is 3.37. The van der Waals surface area contributed by atoms with Crippen LogP contribution in [0.25, 0.3) is 0 Å². The van der Waals surface area contributed by atoms with Gasteiger partial charge in [0.1, 0.15) is 16.4 Å². The van der Waals surface area contributed by atoms with Crippen molar-refractivity contribution < 1.29 is 40.6 Å². The second-order valence-electron chi connectivity index (χ2n) is 5.71. The quantitative estimate of drug-likeness (QED) is 0.573. The Labute approximate surface area is 173 Å². The number of nitrogens with one attached hydrogen (secondary N) is 1. The molecule has 0 saturated carbocycles. The minimum absolute atomic E-state index is 0.0133. The first kappa shape index (κ1) is 23.8. The largest absolute Gasteiger partial charge is 0.497 e. The van der Waals surface area contributed by atoms with Gasteiger partial charge in [0.2, 0.25) is 0 Å². The number of nitrogens with zero attached hydrogens (tertiary/aromatic N) is 3. The summed E-state index contributed by atoms with van der Waals surface area (Å²) >= 11 is 0. The highest BCUT2D eigenvalue weighted by Gasteiger charge is 2.31. The van der Waals surface area contributed by atoms with E-state index in [1.165, 1.54) is 26.4 Å². The van der Waals surface area contributed by atoms with Gasteiger partial charge in [0, 0.05) is 6.07 Å². The van der Waals surface area contributed by atoms with Crippen LogP contribution in [-0.2, 0) is 16.6 Å². The summed E-state index contributed by atoms with van der Waals surface area (Å²) in [5, 5.41) is 3.35.